The normalized spacial score (nSPS) is 15.4. The Morgan fingerprint density at radius 1 is 1.11 bits per heavy atom. The molecule has 1 unspecified atom stereocenters. The predicted octanol–water partition coefficient (Wildman–Crippen LogP) is 5.67. The highest BCUT2D eigenvalue weighted by molar-refractivity contribution is 7.07. The van der Waals surface area contributed by atoms with Gasteiger partial charge in [-0.2, -0.15) is 0 Å². The van der Waals surface area contributed by atoms with Gasteiger partial charge in [-0.05, 0) is 61.7 Å². The first-order chi connectivity index (χ1) is 17.8. The van der Waals surface area contributed by atoms with Crippen molar-refractivity contribution in [1.82, 2.24) is 4.57 Å². The summed E-state index contributed by atoms with van der Waals surface area (Å²) in [4.78, 5) is 31.8. The number of rotatable bonds is 9. The van der Waals surface area contributed by atoms with Gasteiger partial charge in [-0.3, -0.25) is 9.36 Å². The standard InChI is InChI=1S/C28H28Cl2N2O4S/c1-4-6-7-14-36-20-11-9-19(10-12-20)25-24(27(34)35-5-2)17(3)31-28-32(25)26(33)23(37-28)16-18-8-13-21(29)22(30)15-18/h8-13,15-16,25H,4-7,14H2,1-3H3/b23-16-. The summed E-state index contributed by atoms with van der Waals surface area (Å²) in [5.74, 6) is 0.248. The first-order valence-electron chi connectivity index (χ1n) is 12.2. The SMILES string of the molecule is CCCCCOc1ccc(C2C(C(=O)OCC)=C(C)N=c3s/c(=C\c4ccc(Cl)c(Cl)c4)c(=O)n32)cc1. The van der Waals surface area contributed by atoms with Crippen LogP contribution in [0.4, 0.5) is 0 Å². The largest absolute Gasteiger partial charge is 0.494 e. The van der Waals surface area contributed by atoms with E-state index in [1.54, 1.807) is 42.7 Å². The van der Waals surface area contributed by atoms with Gasteiger partial charge in [0.05, 0.1) is 45.1 Å². The van der Waals surface area contributed by atoms with E-state index >= 15 is 0 Å². The first kappa shape index (κ1) is 27.2. The molecule has 6 nitrogen and oxygen atoms in total. The monoisotopic (exact) mass is 558 g/mol. The Morgan fingerprint density at radius 2 is 1.86 bits per heavy atom. The van der Waals surface area contributed by atoms with Gasteiger partial charge in [0.2, 0.25) is 0 Å². The van der Waals surface area contributed by atoms with E-state index in [9.17, 15) is 9.59 Å². The maximum Gasteiger partial charge on any atom is 0.338 e. The molecule has 1 aromatic heterocycles. The van der Waals surface area contributed by atoms with E-state index in [1.165, 1.54) is 11.3 Å². The summed E-state index contributed by atoms with van der Waals surface area (Å²) < 4.78 is 13.2. The highest BCUT2D eigenvalue weighted by Gasteiger charge is 2.33. The zero-order valence-corrected chi connectivity index (χ0v) is 23.3. The molecule has 0 spiro atoms. The number of nitrogens with zero attached hydrogens (tertiary/aromatic N) is 2. The summed E-state index contributed by atoms with van der Waals surface area (Å²) in [5.41, 5.74) is 2.11. The highest BCUT2D eigenvalue weighted by atomic mass is 35.5. The zero-order valence-electron chi connectivity index (χ0n) is 20.9. The molecule has 0 aliphatic carbocycles. The number of hydrogen-bond donors (Lipinski definition) is 0. The van der Waals surface area contributed by atoms with Crippen molar-refractivity contribution in [3.05, 3.63) is 94.6 Å². The van der Waals surface area contributed by atoms with Gasteiger partial charge in [0.15, 0.2) is 4.80 Å². The van der Waals surface area contributed by atoms with Crippen LogP contribution in [0.2, 0.25) is 10.0 Å². The maximum atomic E-state index is 13.7. The fourth-order valence-corrected chi connectivity index (χ4v) is 5.50. The van der Waals surface area contributed by atoms with Crippen molar-refractivity contribution in [2.24, 2.45) is 4.99 Å². The van der Waals surface area contributed by atoms with E-state index < -0.39 is 12.0 Å². The number of allylic oxidation sites excluding steroid dienone is 1. The summed E-state index contributed by atoms with van der Waals surface area (Å²) in [6.07, 6.45) is 4.98. The summed E-state index contributed by atoms with van der Waals surface area (Å²) in [6, 6.07) is 12.0. The minimum Gasteiger partial charge on any atom is -0.494 e. The molecule has 0 radical (unpaired) electrons. The molecule has 0 saturated carbocycles. The van der Waals surface area contributed by atoms with Crippen LogP contribution >= 0.6 is 34.5 Å². The molecule has 0 fully saturated rings. The highest BCUT2D eigenvalue weighted by Crippen LogP contribution is 2.31. The Kier molecular flexibility index (Phi) is 8.90. The van der Waals surface area contributed by atoms with Crippen molar-refractivity contribution >= 4 is 46.6 Å². The molecule has 3 aromatic rings. The molecule has 1 aliphatic heterocycles. The summed E-state index contributed by atoms with van der Waals surface area (Å²) in [5, 5.41) is 0.839. The molecule has 0 N–H and O–H groups in total. The summed E-state index contributed by atoms with van der Waals surface area (Å²) >= 11 is 13.5. The second-order valence-electron chi connectivity index (χ2n) is 8.60. The zero-order chi connectivity index (χ0) is 26.5. The number of aromatic nitrogens is 1. The van der Waals surface area contributed by atoms with Crippen molar-refractivity contribution in [2.75, 3.05) is 13.2 Å². The van der Waals surface area contributed by atoms with E-state index in [-0.39, 0.29) is 12.2 Å². The Labute approximate surface area is 229 Å². The van der Waals surface area contributed by atoms with Gasteiger partial charge < -0.3 is 9.47 Å². The number of thiazole rings is 1. The van der Waals surface area contributed by atoms with E-state index in [0.717, 1.165) is 36.1 Å². The Hall–Kier alpha value is -2.87. The van der Waals surface area contributed by atoms with E-state index in [4.69, 9.17) is 32.7 Å². The molecule has 0 bridgehead atoms. The fourth-order valence-electron chi connectivity index (χ4n) is 4.15. The molecule has 2 heterocycles. The third-order valence-corrected chi connectivity index (χ3v) is 7.69. The van der Waals surface area contributed by atoms with Gasteiger partial charge in [0, 0.05) is 0 Å². The minimum atomic E-state index is -0.680. The lowest BCUT2D eigenvalue weighted by atomic mass is 9.96. The molecule has 0 saturated heterocycles. The van der Waals surface area contributed by atoms with Gasteiger partial charge >= 0.3 is 5.97 Å². The molecule has 9 heteroatoms. The Morgan fingerprint density at radius 3 is 2.54 bits per heavy atom. The Balaban J connectivity index is 1.80. The molecule has 4 rings (SSSR count). The lowest BCUT2D eigenvalue weighted by Gasteiger charge is -2.24. The molecule has 0 amide bonds. The summed E-state index contributed by atoms with van der Waals surface area (Å²) in [7, 11) is 0. The molecule has 1 atom stereocenters. The number of carbonyl (C=O) groups is 1. The molecule has 37 heavy (non-hydrogen) atoms. The second-order valence-corrected chi connectivity index (χ2v) is 10.4. The van der Waals surface area contributed by atoms with Crippen LogP contribution in [0.3, 0.4) is 0 Å². The molecule has 194 valence electrons. The third kappa shape index (κ3) is 6.00. The van der Waals surface area contributed by atoms with Gasteiger partial charge in [0.1, 0.15) is 5.75 Å². The van der Waals surface area contributed by atoms with Gasteiger partial charge in [-0.25, -0.2) is 9.79 Å². The number of halogens is 2. The lowest BCUT2D eigenvalue weighted by Crippen LogP contribution is -2.39. The molecule has 1 aliphatic rings. The average molecular weight is 560 g/mol. The van der Waals surface area contributed by atoms with Crippen LogP contribution in [0.1, 0.15) is 57.2 Å². The number of benzene rings is 2. The average Bonchev–Trinajstić information content (AvgIpc) is 3.18. The van der Waals surface area contributed by atoms with Crippen LogP contribution in [0, 0.1) is 0 Å². The second kappa shape index (κ2) is 12.1. The van der Waals surface area contributed by atoms with Crippen LogP contribution in [-0.4, -0.2) is 23.8 Å². The summed E-state index contributed by atoms with van der Waals surface area (Å²) in [6.45, 7) is 6.52. The first-order valence-corrected chi connectivity index (χ1v) is 13.8. The van der Waals surface area contributed by atoms with E-state index in [0.29, 0.717) is 37.3 Å². The van der Waals surface area contributed by atoms with Crippen LogP contribution in [0.5, 0.6) is 5.75 Å². The van der Waals surface area contributed by atoms with E-state index in [2.05, 4.69) is 11.9 Å². The predicted molar refractivity (Wildman–Crippen MR) is 148 cm³/mol. The van der Waals surface area contributed by atoms with Crippen molar-refractivity contribution in [1.29, 1.82) is 0 Å². The number of carbonyl (C=O) groups excluding carboxylic acids is 1. The molecular formula is C28H28Cl2N2O4S. The van der Waals surface area contributed by atoms with Crippen LogP contribution < -0.4 is 19.6 Å². The number of esters is 1. The minimum absolute atomic E-state index is 0.217. The number of hydrogen-bond acceptors (Lipinski definition) is 6. The maximum absolute atomic E-state index is 13.7. The van der Waals surface area contributed by atoms with Gasteiger partial charge in [-0.15, -0.1) is 0 Å². The lowest BCUT2D eigenvalue weighted by molar-refractivity contribution is -0.139. The van der Waals surface area contributed by atoms with Gasteiger partial charge in [-0.1, -0.05) is 72.5 Å². The number of ether oxygens (including phenoxy) is 2. The van der Waals surface area contributed by atoms with Crippen molar-refractivity contribution in [3.63, 3.8) is 0 Å². The smallest absolute Gasteiger partial charge is 0.338 e. The topological polar surface area (TPSA) is 69.9 Å². The van der Waals surface area contributed by atoms with Gasteiger partial charge in [0.25, 0.3) is 5.56 Å². The van der Waals surface area contributed by atoms with Crippen LogP contribution in [-0.2, 0) is 9.53 Å². The van der Waals surface area contributed by atoms with Crippen molar-refractivity contribution in [3.8, 4) is 5.75 Å². The fraction of sp³-hybridized carbons (Fsp3) is 0.321. The van der Waals surface area contributed by atoms with E-state index in [1.807, 2.05) is 24.3 Å². The third-order valence-electron chi connectivity index (χ3n) is 5.97. The quantitative estimate of drug-likeness (QED) is 0.250. The molecule has 2 aromatic carbocycles. The van der Waals surface area contributed by atoms with Crippen molar-refractivity contribution < 1.29 is 14.3 Å². The van der Waals surface area contributed by atoms with Crippen LogP contribution in [0.15, 0.2) is 63.5 Å². The molecular weight excluding hydrogens is 531 g/mol. The Bertz CT molecular complexity index is 1510. The van der Waals surface area contributed by atoms with Crippen LogP contribution in [0.25, 0.3) is 6.08 Å². The number of unbranched alkanes of at least 4 members (excludes halogenated alkanes) is 2. The number of fused-ring (bicyclic) bond motifs is 1. The van der Waals surface area contributed by atoms with Crippen molar-refractivity contribution in [2.45, 2.75) is 46.1 Å².